The average Bonchev–Trinajstić information content (AvgIpc) is 2.79. The summed E-state index contributed by atoms with van der Waals surface area (Å²) in [4.78, 5) is 43.1. The summed E-state index contributed by atoms with van der Waals surface area (Å²) in [6, 6.07) is 3.92. The maximum absolute atomic E-state index is 12.5. The fraction of sp³-hybridized carbons (Fsp3) is 0.450. The van der Waals surface area contributed by atoms with Gasteiger partial charge in [-0.05, 0) is 25.0 Å². The first-order chi connectivity index (χ1) is 14.1. The number of rotatable bonds is 4. The lowest BCUT2D eigenvalue weighted by Crippen LogP contribution is -2.54. The van der Waals surface area contributed by atoms with Crippen molar-refractivity contribution in [2.24, 2.45) is 5.73 Å². The monoisotopic (exact) mass is 395 g/mol. The Kier molecular flexibility index (Phi) is 5.66. The van der Waals surface area contributed by atoms with Crippen LogP contribution in [0.1, 0.15) is 33.7 Å². The minimum Gasteiger partial charge on any atom is -0.365 e. The van der Waals surface area contributed by atoms with Crippen LogP contribution in [0.4, 0.5) is 5.82 Å². The lowest BCUT2D eigenvalue weighted by atomic mass is 10.0. The van der Waals surface area contributed by atoms with Crippen LogP contribution in [-0.2, 0) is 0 Å². The summed E-state index contributed by atoms with van der Waals surface area (Å²) in [5, 5.41) is 0. The number of likely N-dealkylation sites (tertiary alicyclic amines) is 1. The van der Waals surface area contributed by atoms with Gasteiger partial charge in [0.15, 0.2) is 0 Å². The summed E-state index contributed by atoms with van der Waals surface area (Å²) in [7, 11) is 0. The standard InChI is InChI=1S/C20H25N7O2/c21-18(28)16-2-1-5-24-19(16)26-12-10-25(11-13-26)15-3-8-27(9-4-15)20(29)17-14-22-6-7-23-17/h1-2,5-7,14-15H,3-4,8-13H2,(H2,21,28). The van der Waals surface area contributed by atoms with E-state index in [0.717, 1.165) is 52.1 Å². The molecule has 152 valence electrons. The molecule has 0 saturated carbocycles. The smallest absolute Gasteiger partial charge is 0.274 e. The number of pyridine rings is 1. The zero-order chi connectivity index (χ0) is 20.2. The molecule has 2 N–H and O–H groups in total. The Hall–Kier alpha value is -3.07. The van der Waals surface area contributed by atoms with E-state index in [1.807, 2.05) is 4.90 Å². The Labute approximate surface area is 169 Å². The van der Waals surface area contributed by atoms with Crippen molar-refractivity contribution in [3.63, 3.8) is 0 Å². The first kappa shape index (κ1) is 19.3. The lowest BCUT2D eigenvalue weighted by molar-refractivity contribution is 0.0604. The van der Waals surface area contributed by atoms with Crippen molar-refractivity contribution in [2.75, 3.05) is 44.2 Å². The van der Waals surface area contributed by atoms with E-state index in [9.17, 15) is 9.59 Å². The van der Waals surface area contributed by atoms with Gasteiger partial charge in [0.1, 0.15) is 11.5 Å². The number of nitrogens with two attached hydrogens (primary N) is 1. The van der Waals surface area contributed by atoms with Gasteiger partial charge in [-0.15, -0.1) is 0 Å². The second-order valence-electron chi connectivity index (χ2n) is 7.38. The zero-order valence-corrected chi connectivity index (χ0v) is 16.3. The van der Waals surface area contributed by atoms with Crippen molar-refractivity contribution >= 4 is 17.6 Å². The number of primary amides is 1. The van der Waals surface area contributed by atoms with Gasteiger partial charge in [0.25, 0.3) is 11.8 Å². The molecule has 4 heterocycles. The Morgan fingerprint density at radius 1 is 0.966 bits per heavy atom. The number of carbonyl (C=O) groups excluding carboxylic acids is 2. The van der Waals surface area contributed by atoms with Gasteiger partial charge < -0.3 is 15.5 Å². The molecular weight excluding hydrogens is 370 g/mol. The second-order valence-corrected chi connectivity index (χ2v) is 7.38. The van der Waals surface area contributed by atoms with Crippen LogP contribution in [0.5, 0.6) is 0 Å². The quantitative estimate of drug-likeness (QED) is 0.798. The molecule has 9 nitrogen and oxygen atoms in total. The average molecular weight is 395 g/mol. The Morgan fingerprint density at radius 3 is 2.38 bits per heavy atom. The number of piperazine rings is 1. The first-order valence-corrected chi connectivity index (χ1v) is 9.92. The molecule has 0 spiro atoms. The van der Waals surface area contributed by atoms with Crippen molar-refractivity contribution < 1.29 is 9.59 Å². The number of piperidine rings is 1. The third-order valence-corrected chi connectivity index (χ3v) is 5.72. The van der Waals surface area contributed by atoms with Crippen LogP contribution in [-0.4, -0.2) is 81.9 Å². The van der Waals surface area contributed by atoms with E-state index < -0.39 is 5.91 Å². The number of hydrogen-bond donors (Lipinski definition) is 1. The highest BCUT2D eigenvalue weighted by Crippen LogP contribution is 2.23. The molecule has 2 aliphatic rings. The molecule has 2 fully saturated rings. The van der Waals surface area contributed by atoms with Gasteiger partial charge in [0, 0.05) is 63.9 Å². The number of anilines is 1. The highest BCUT2D eigenvalue weighted by atomic mass is 16.2. The summed E-state index contributed by atoms with van der Waals surface area (Å²) in [6.45, 7) is 4.86. The van der Waals surface area contributed by atoms with Gasteiger partial charge in [-0.1, -0.05) is 0 Å². The van der Waals surface area contributed by atoms with Gasteiger partial charge in [0.05, 0.1) is 11.8 Å². The highest BCUT2D eigenvalue weighted by molar-refractivity contribution is 5.97. The topological polar surface area (TPSA) is 109 Å². The minimum atomic E-state index is -0.448. The van der Waals surface area contributed by atoms with Crippen LogP contribution >= 0.6 is 0 Å². The number of nitrogens with zero attached hydrogens (tertiary/aromatic N) is 6. The van der Waals surface area contributed by atoms with Crippen molar-refractivity contribution in [3.8, 4) is 0 Å². The number of amides is 2. The summed E-state index contributed by atoms with van der Waals surface area (Å²) in [6.07, 6.45) is 8.22. The van der Waals surface area contributed by atoms with Gasteiger partial charge >= 0.3 is 0 Å². The second kappa shape index (κ2) is 8.52. The van der Waals surface area contributed by atoms with Crippen LogP contribution in [0.2, 0.25) is 0 Å². The third kappa shape index (κ3) is 4.19. The largest absolute Gasteiger partial charge is 0.365 e. The SMILES string of the molecule is NC(=O)c1cccnc1N1CCN(C2CCN(C(=O)c3cnccn3)CC2)CC1. The third-order valence-electron chi connectivity index (χ3n) is 5.72. The molecule has 0 atom stereocenters. The fourth-order valence-electron chi connectivity index (χ4n) is 4.15. The molecule has 2 saturated heterocycles. The highest BCUT2D eigenvalue weighted by Gasteiger charge is 2.30. The molecule has 2 amide bonds. The van der Waals surface area contributed by atoms with E-state index in [2.05, 4.69) is 24.8 Å². The molecule has 2 aromatic rings. The van der Waals surface area contributed by atoms with E-state index >= 15 is 0 Å². The fourth-order valence-corrected chi connectivity index (χ4v) is 4.15. The Bertz CT molecular complexity index is 860. The number of aromatic nitrogens is 3. The van der Waals surface area contributed by atoms with Gasteiger partial charge in [-0.25, -0.2) is 9.97 Å². The molecule has 0 unspecified atom stereocenters. The minimum absolute atomic E-state index is 0.0458. The molecule has 29 heavy (non-hydrogen) atoms. The normalized spacial score (nSPS) is 18.6. The van der Waals surface area contributed by atoms with E-state index in [4.69, 9.17) is 5.73 Å². The molecule has 2 aromatic heterocycles. The van der Waals surface area contributed by atoms with Crippen LogP contribution in [0, 0.1) is 0 Å². The van der Waals surface area contributed by atoms with Crippen molar-refractivity contribution in [3.05, 3.63) is 48.2 Å². The van der Waals surface area contributed by atoms with Crippen LogP contribution in [0.25, 0.3) is 0 Å². The van der Waals surface area contributed by atoms with Crippen molar-refractivity contribution in [1.29, 1.82) is 0 Å². The number of hydrogen-bond acceptors (Lipinski definition) is 7. The van der Waals surface area contributed by atoms with Crippen LogP contribution < -0.4 is 10.6 Å². The van der Waals surface area contributed by atoms with Crippen molar-refractivity contribution in [2.45, 2.75) is 18.9 Å². The van der Waals surface area contributed by atoms with E-state index in [-0.39, 0.29) is 5.91 Å². The Morgan fingerprint density at radius 2 is 1.72 bits per heavy atom. The van der Waals surface area contributed by atoms with Crippen LogP contribution in [0.15, 0.2) is 36.9 Å². The summed E-state index contributed by atoms with van der Waals surface area (Å²) in [5.74, 6) is 0.176. The Balaban J connectivity index is 1.31. The molecule has 0 radical (unpaired) electrons. The lowest BCUT2D eigenvalue weighted by Gasteiger charge is -2.43. The molecule has 9 heteroatoms. The van der Waals surface area contributed by atoms with Gasteiger partial charge in [-0.2, -0.15) is 0 Å². The van der Waals surface area contributed by atoms with E-state index in [1.165, 1.54) is 6.20 Å². The molecule has 0 aromatic carbocycles. The maximum Gasteiger partial charge on any atom is 0.274 e. The van der Waals surface area contributed by atoms with E-state index in [0.29, 0.717) is 23.1 Å². The molecule has 2 aliphatic heterocycles. The van der Waals surface area contributed by atoms with Crippen LogP contribution in [0.3, 0.4) is 0 Å². The van der Waals surface area contributed by atoms with E-state index in [1.54, 1.807) is 30.7 Å². The maximum atomic E-state index is 12.5. The molecule has 0 bridgehead atoms. The predicted octanol–water partition coefficient (Wildman–Crippen LogP) is 0.397. The van der Waals surface area contributed by atoms with Gasteiger partial charge in [0.2, 0.25) is 0 Å². The summed E-state index contributed by atoms with van der Waals surface area (Å²) < 4.78 is 0. The molecular formula is C20H25N7O2. The zero-order valence-electron chi connectivity index (χ0n) is 16.3. The molecule has 4 rings (SSSR count). The summed E-state index contributed by atoms with van der Waals surface area (Å²) in [5.41, 5.74) is 6.36. The predicted molar refractivity (Wildman–Crippen MR) is 107 cm³/mol. The molecule has 0 aliphatic carbocycles. The van der Waals surface area contributed by atoms with Crippen molar-refractivity contribution in [1.82, 2.24) is 24.8 Å². The van der Waals surface area contributed by atoms with Gasteiger partial charge in [-0.3, -0.25) is 19.5 Å². The first-order valence-electron chi connectivity index (χ1n) is 9.92. The number of carbonyl (C=O) groups is 2. The summed E-state index contributed by atoms with van der Waals surface area (Å²) >= 11 is 0.